The zero-order chi connectivity index (χ0) is 7.56. The van der Waals surface area contributed by atoms with E-state index in [4.69, 9.17) is 13.7 Å². The fourth-order valence-corrected chi connectivity index (χ4v) is 0.648. The lowest BCUT2D eigenvalue weighted by atomic mass is 9.96. The van der Waals surface area contributed by atoms with Crippen LogP contribution in [0.25, 0.3) is 0 Å². The van der Waals surface area contributed by atoms with Crippen molar-refractivity contribution >= 4 is 19.0 Å². The van der Waals surface area contributed by atoms with E-state index < -0.39 is 5.82 Å². The van der Waals surface area contributed by atoms with E-state index in [0.717, 1.165) is 0 Å². The summed E-state index contributed by atoms with van der Waals surface area (Å²) in [6, 6.07) is 4.25. The van der Waals surface area contributed by atoms with E-state index in [-0.39, 0.29) is 5.69 Å². The van der Waals surface area contributed by atoms with E-state index in [1.807, 2.05) is 0 Å². The van der Waals surface area contributed by atoms with Crippen LogP contribution in [0.1, 0.15) is 0 Å². The molecule has 0 bridgehead atoms. The summed E-state index contributed by atoms with van der Waals surface area (Å²) >= 11 is 0. The number of hydrogen-bond acceptors (Lipinski definition) is 2. The Bertz CT molecular complexity index is 239. The Balaban J connectivity index is 3.07. The Hall–Kier alpha value is -1.03. The van der Waals surface area contributed by atoms with Crippen molar-refractivity contribution in [3.05, 3.63) is 24.0 Å². The standard InChI is InChI=1S/C6H6BFN2/c7-4-1-2-6(10-9)5(8)3-4/h1-3,10H,9H2. The quantitative estimate of drug-likeness (QED) is 0.321. The van der Waals surface area contributed by atoms with Gasteiger partial charge in [0.1, 0.15) is 13.7 Å². The van der Waals surface area contributed by atoms with Gasteiger partial charge in [0.05, 0.1) is 5.69 Å². The normalized spacial score (nSPS) is 9.40. The summed E-state index contributed by atoms with van der Waals surface area (Å²) < 4.78 is 12.6. The van der Waals surface area contributed by atoms with Crippen molar-refractivity contribution in [1.82, 2.24) is 0 Å². The van der Waals surface area contributed by atoms with Gasteiger partial charge < -0.3 is 5.43 Å². The van der Waals surface area contributed by atoms with Gasteiger partial charge in [-0.15, -0.1) is 0 Å². The molecule has 1 aromatic carbocycles. The molecule has 2 nitrogen and oxygen atoms in total. The van der Waals surface area contributed by atoms with E-state index in [1.165, 1.54) is 12.1 Å². The van der Waals surface area contributed by atoms with Crippen molar-refractivity contribution < 1.29 is 4.39 Å². The van der Waals surface area contributed by atoms with Crippen LogP contribution in [0.15, 0.2) is 18.2 Å². The highest BCUT2D eigenvalue weighted by Crippen LogP contribution is 2.08. The summed E-state index contributed by atoms with van der Waals surface area (Å²) in [6.07, 6.45) is 0. The third-order valence-electron chi connectivity index (χ3n) is 1.15. The molecule has 0 saturated carbocycles. The van der Waals surface area contributed by atoms with Gasteiger partial charge in [-0.25, -0.2) is 4.39 Å². The van der Waals surface area contributed by atoms with Gasteiger partial charge in [0.2, 0.25) is 0 Å². The van der Waals surface area contributed by atoms with Crippen LogP contribution in [0.5, 0.6) is 0 Å². The van der Waals surface area contributed by atoms with Crippen LogP contribution < -0.4 is 16.7 Å². The molecular weight excluding hydrogens is 130 g/mol. The van der Waals surface area contributed by atoms with Crippen molar-refractivity contribution in [2.45, 2.75) is 0 Å². The third-order valence-corrected chi connectivity index (χ3v) is 1.15. The summed E-state index contributed by atoms with van der Waals surface area (Å²) in [5.41, 5.74) is 2.82. The van der Waals surface area contributed by atoms with E-state index in [0.29, 0.717) is 5.46 Å². The molecule has 2 radical (unpaired) electrons. The summed E-state index contributed by atoms with van der Waals surface area (Å²) in [7, 11) is 5.27. The smallest absolute Gasteiger partial charge is 0.147 e. The molecule has 0 aromatic heterocycles. The molecule has 1 rings (SSSR count). The number of anilines is 1. The molecule has 4 heteroatoms. The molecule has 0 aliphatic heterocycles. The van der Waals surface area contributed by atoms with Crippen LogP contribution in [0.4, 0.5) is 10.1 Å². The molecule has 0 atom stereocenters. The van der Waals surface area contributed by atoms with Gasteiger partial charge in [0.15, 0.2) is 0 Å². The van der Waals surface area contributed by atoms with Crippen LogP contribution in [0.3, 0.4) is 0 Å². The van der Waals surface area contributed by atoms with Gasteiger partial charge in [-0.2, -0.15) is 0 Å². The predicted octanol–water partition coefficient (Wildman–Crippen LogP) is -0.0949. The first kappa shape index (κ1) is 7.09. The number of hydrazine groups is 1. The zero-order valence-corrected chi connectivity index (χ0v) is 5.26. The van der Waals surface area contributed by atoms with E-state index >= 15 is 0 Å². The lowest BCUT2D eigenvalue weighted by Crippen LogP contribution is -2.11. The van der Waals surface area contributed by atoms with Crippen molar-refractivity contribution in [3.63, 3.8) is 0 Å². The van der Waals surface area contributed by atoms with Crippen molar-refractivity contribution in [3.8, 4) is 0 Å². The second-order valence-electron chi connectivity index (χ2n) is 1.88. The number of benzene rings is 1. The Labute approximate surface area is 59.6 Å². The minimum atomic E-state index is -0.442. The number of nitrogens with two attached hydrogens (primary N) is 1. The minimum absolute atomic E-state index is 0.245. The molecule has 0 aliphatic rings. The second kappa shape index (κ2) is 2.71. The van der Waals surface area contributed by atoms with Gasteiger partial charge in [0, 0.05) is 0 Å². The van der Waals surface area contributed by atoms with Crippen LogP contribution in [-0.4, -0.2) is 7.85 Å². The fourth-order valence-electron chi connectivity index (χ4n) is 0.648. The lowest BCUT2D eigenvalue weighted by Gasteiger charge is -2.01. The molecule has 1 aromatic rings. The first-order valence-electron chi connectivity index (χ1n) is 2.75. The highest BCUT2D eigenvalue weighted by atomic mass is 19.1. The number of halogens is 1. The maximum Gasteiger partial charge on any atom is 0.147 e. The third kappa shape index (κ3) is 1.27. The first-order chi connectivity index (χ1) is 4.74. The van der Waals surface area contributed by atoms with Crippen LogP contribution in [0.2, 0.25) is 0 Å². The molecule has 0 unspecified atom stereocenters. The summed E-state index contributed by atoms with van der Waals surface area (Å²) in [4.78, 5) is 0. The van der Waals surface area contributed by atoms with E-state index in [1.54, 1.807) is 6.07 Å². The highest BCUT2D eigenvalue weighted by molar-refractivity contribution is 6.32. The molecule has 50 valence electrons. The number of rotatable bonds is 1. The molecule has 0 saturated heterocycles. The Morgan fingerprint density at radius 3 is 2.70 bits per heavy atom. The molecule has 3 N–H and O–H groups in total. The Morgan fingerprint density at radius 1 is 1.50 bits per heavy atom. The van der Waals surface area contributed by atoms with Crippen molar-refractivity contribution in [2.24, 2.45) is 5.84 Å². The Morgan fingerprint density at radius 2 is 2.20 bits per heavy atom. The maximum atomic E-state index is 12.6. The Kier molecular flexibility index (Phi) is 1.92. The molecule has 0 aliphatic carbocycles. The summed E-state index contributed by atoms with van der Waals surface area (Å²) in [5, 5.41) is 0. The van der Waals surface area contributed by atoms with Gasteiger partial charge >= 0.3 is 0 Å². The highest BCUT2D eigenvalue weighted by Gasteiger charge is 1.97. The number of hydrogen-bond donors (Lipinski definition) is 2. The van der Waals surface area contributed by atoms with Crippen LogP contribution in [0, 0.1) is 5.82 Å². The maximum absolute atomic E-state index is 12.6. The lowest BCUT2D eigenvalue weighted by molar-refractivity contribution is 0.632. The van der Waals surface area contributed by atoms with Gasteiger partial charge in [-0.3, -0.25) is 5.84 Å². The van der Waals surface area contributed by atoms with Gasteiger partial charge in [-0.1, -0.05) is 11.5 Å². The molecule has 0 amide bonds. The second-order valence-corrected chi connectivity index (χ2v) is 1.88. The largest absolute Gasteiger partial charge is 0.321 e. The van der Waals surface area contributed by atoms with Crippen LogP contribution >= 0.6 is 0 Å². The summed E-state index contributed by atoms with van der Waals surface area (Å²) in [5.74, 6) is 4.53. The number of nitrogens with one attached hydrogen (secondary N) is 1. The van der Waals surface area contributed by atoms with E-state index in [2.05, 4.69) is 5.43 Å². The van der Waals surface area contributed by atoms with Crippen molar-refractivity contribution in [1.29, 1.82) is 0 Å². The van der Waals surface area contributed by atoms with Gasteiger partial charge in [-0.05, 0) is 12.1 Å². The average Bonchev–Trinajstić information content (AvgIpc) is 1.88. The molecule has 0 spiro atoms. The fraction of sp³-hybridized carbons (Fsp3) is 0. The average molecular weight is 136 g/mol. The monoisotopic (exact) mass is 136 g/mol. The number of nitrogen functional groups attached to an aromatic ring is 1. The molecule has 0 heterocycles. The SMILES string of the molecule is [B]c1ccc(NN)c(F)c1. The molecule has 0 fully saturated rings. The van der Waals surface area contributed by atoms with Gasteiger partial charge in [0.25, 0.3) is 0 Å². The van der Waals surface area contributed by atoms with E-state index in [9.17, 15) is 4.39 Å². The first-order valence-corrected chi connectivity index (χ1v) is 2.75. The summed E-state index contributed by atoms with van der Waals surface area (Å²) in [6.45, 7) is 0. The predicted molar refractivity (Wildman–Crippen MR) is 39.6 cm³/mol. The molecule has 10 heavy (non-hydrogen) atoms. The minimum Gasteiger partial charge on any atom is -0.321 e. The topological polar surface area (TPSA) is 38.0 Å². The zero-order valence-electron chi connectivity index (χ0n) is 5.26. The van der Waals surface area contributed by atoms with Crippen LogP contribution in [-0.2, 0) is 0 Å². The molecular formula is C6H6BFN2. The van der Waals surface area contributed by atoms with Crippen molar-refractivity contribution in [2.75, 3.05) is 5.43 Å².